The summed E-state index contributed by atoms with van der Waals surface area (Å²) in [7, 11) is 0. The van der Waals surface area contributed by atoms with E-state index in [2.05, 4.69) is 27.7 Å². The Labute approximate surface area is 196 Å². The number of morpholine rings is 1. The second-order valence-electron chi connectivity index (χ2n) is 10.5. The molecule has 3 rings (SSSR count). The molecule has 4 N–H and O–H groups in total. The Morgan fingerprint density at radius 2 is 1.85 bits per heavy atom. The van der Waals surface area contributed by atoms with Gasteiger partial charge in [-0.2, -0.15) is 0 Å². The summed E-state index contributed by atoms with van der Waals surface area (Å²) in [6, 6.07) is 9.74. The van der Waals surface area contributed by atoms with Crippen LogP contribution in [0.5, 0.6) is 0 Å². The van der Waals surface area contributed by atoms with Crippen molar-refractivity contribution in [2.24, 2.45) is 16.7 Å². The van der Waals surface area contributed by atoms with E-state index in [1.807, 2.05) is 45.9 Å². The zero-order chi connectivity index (χ0) is 24.4. The molecule has 2 aliphatic rings. The summed E-state index contributed by atoms with van der Waals surface area (Å²) in [6.45, 7) is 12.2. The van der Waals surface area contributed by atoms with Crippen molar-refractivity contribution in [3.63, 3.8) is 0 Å². The standard InChI is InChI=1S/C25H39N3O5/c1-6-19-24(5,21(29)30)20(27-25(19,22(31)32)23(2,3)4)15-26-14-18-16-33-13-12-28(18)17-10-8-7-9-11-17/h7-11,18-20,26-27H,6,12-16H2,1-5H3,(H,29,30)(H,31,32). The fourth-order valence-electron chi connectivity index (χ4n) is 5.96. The van der Waals surface area contributed by atoms with E-state index >= 15 is 0 Å². The number of carboxylic acids is 2. The maximum absolute atomic E-state index is 12.6. The Hall–Kier alpha value is -2.16. The van der Waals surface area contributed by atoms with Gasteiger partial charge in [0.05, 0.1) is 24.7 Å². The van der Waals surface area contributed by atoms with Crippen LogP contribution in [0.3, 0.4) is 0 Å². The highest BCUT2D eigenvalue weighted by atomic mass is 16.5. The number of anilines is 1. The lowest BCUT2D eigenvalue weighted by Gasteiger charge is -2.44. The van der Waals surface area contributed by atoms with Crippen molar-refractivity contribution < 1.29 is 24.5 Å². The van der Waals surface area contributed by atoms with E-state index in [9.17, 15) is 19.8 Å². The van der Waals surface area contributed by atoms with E-state index in [1.54, 1.807) is 6.92 Å². The molecule has 0 amide bonds. The molecule has 0 radical (unpaired) electrons. The fraction of sp³-hybridized carbons (Fsp3) is 0.680. The Balaban J connectivity index is 1.80. The summed E-state index contributed by atoms with van der Waals surface area (Å²) < 4.78 is 5.71. The number of rotatable bonds is 8. The summed E-state index contributed by atoms with van der Waals surface area (Å²) in [5.74, 6) is -2.52. The fourth-order valence-corrected chi connectivity index (χ4v) is 5.96. The molecule has 2 saturated heterocycles. The average molecular weight is 462 g/mol. The molecule has 2 fully saturated rings. The first-order chi connectivity index (χ1) is 15.5. The summed E-state index contributed by atoms with van der Waals surface area (Å²) in [4.78, 5) is 27.5. The molecule has 5 atom stereocenters. The van der Waals surface area contributed by atoms with Crippen LogP contribution in [0.2, 0.25) is 0 Å². The highest BCUT2D eigenvalue weighted by Crippen LogP contribution is 2.53. The van der Waals surface area contributed by atoms with Gasteiger partial charge in [-0.25, -0.2) is 0 Å². The predicted molar refractivity (Wildman–Crippen MR) is 128 cm³/mol. The van der Waals surface area contributed by atoms with Gasteiger partial charge >= 0.3 is 11.9 Å². The van der Waals surface area contributed by atoms with Crippen molar-refractivity contribution in [2.45, 2.75) is 58.7 Å². The number of aliphatic carboxylic acids is 2. The maximum Gasteiger partial charge on any atom is 0.324 e. The Morgan fingerprint density at radius 3 is 2.39 bits per heavy atom. The van der Waals surface area contributed by atoms with Gasteiger partial charge in [-0.05, 0) is 30.9 Å². The molecule has 0 aromatic heterocycles. The second kappa shape index (κ2) is 9.60. The van der Waals surface area contributed by atoms with Crippen LogP contribution in [-0.2, 0) is 14.3 Å². The van der Waals surface area contributed by atoms with E-state index in [4.69, 9.17) is 4.74 Å². The van der Waals surface area contributed by atoms with Crippen LogP contribution in [0.1, 0.15) is 41.0 Å². The molecule has 0 aliphatic carbocycles. The molecule has 2 heterocycles. The third-order valence-electron chi connectivity index (χ3n) is 7.81. The van der Waals surface area contributed by atoms with Gasteiger partial charge in [0.25, 0.3) is 0 Å². The first-order valence-electron chi connectivity index (χ1n) is 11.8. The van der Waals surface area contributed by atoms with Crippen LogP contribution >= 0.6 is 0 Å². The molecule has 8 nitrogen and oxygen atoms in total. The first kappa shape index (κ1) is 25.5. The van der Waals surface area contributed by atoms with Gasteiger partial charge in [0.2, 0.25) is 0 Å². The van der Waals surface area contributed by atoms with E-state index in [-0.39, 0.29) is 6.04 Å². The quantitative estimate of drug-likeness (QED) is 0.467. The van der Waals surface area contributed by atoms with E-state index in [1.165, 1.54) is 0 Å². The normalized spacial score (nSPS) is 32.6. The zero-order valence-corrected chi connectivity index (χ0v) is 20.4. The van der Waals surface area contributed by atoms with Gasteiger partial charge in [0.15, 0.2) is 0 Å². The van der Waals surface area contributed by atoms with Crippen LogP contribution in [-0.4, -0.2) is 72.6 Å². The van der Waals surface area contributed by atoms with Crippen molar-refractivity contribution in [2.75, 3.05) is 37.7 Å². The molecule has 184 valence electrons. The number of ether oxygens (including phenoxy) is 1. The molecule has 0 spiro atoms. The number of nitrogens with zero attached hydrogens (tertiary/aromatic N) is 1. The van der Waals surface area contributed by atoms with Crippen LogP contribution in [0.15, 0.2) is 30.3 Å². The van der Waals surface area contributed by atoms with Crippen LogP contribution < -0.4 is 15.5 Å². The summed E-state index contributed by atoms with van der Waals surface area (Å²) in [5, 5.41) is 27.3. The second-order valence-corrected chi connectivity index (χ2v) is 10.5. The number of hydrogen-bond acceptors (Lipinski definition) is 6. The van der Waals surface area contributed by atoms with Crippen molar-refractivity contribution in [1.82, 2.24) is 10.6 Å². The van der Waals surface area contributed by atoms with Gasteiger partial charge in [-0.1, -0.05) is 45.9 Å². The van der Waals surface area contributed by atoms with E-state index in [0.29, 0.717) is 32.7 Å². The van der Waals surface area contributed by atoms with Gasteiger partial charge in [-0.3, -0.25) is 14.9 Å². The first-order valence-corrected chi connectivity index (χ1v) is 11.8. The molecule has 2 aliphatic heterocycles. The number of carbonyl (C=O) groups is 2. The minimum atomic E-state index is -1.34. The molecule has 33 heavy (non-hydrogen) atoms. The highest BCUT2D eigenvalue weighted by molar-refractivity contribution is 5.86. The Morgan fingerprint density at radius 1 is 1.18 bits per heavy atom. The number of benzene rings is 1. The molecular formula is C25H39N3O5. The molecule has 5 unspecified atom stereocenters. The summed E-state index contributed by atoms with van der Waals surface area (Å²) in [6.07, 6.45) is 0.452. The van der Waals surface area contributed by atoms with Gasteiger partial charge < -0.3 is 25.2 Å². The van der Waals surface area contributed by atoms with Crippen LogP contribution in [0.25, 0.3) is 0 Å². The van der Waals surface area contributed by atoms with Gasteiger partial charge in [-0.15, -0.1) is 0 Å². The van der Waals surface area contributed by atoms with E-state index < -0.39 is 40.3 Å². The average Bonchev–Trinajstić information content (AvgIpc) is 3.05. The maximum atomic E-state index is 12.6. The minimum absolute atomic E-state index is 0.104. The highest BCUT2D eigenvalue weighted by Gasteiger charge is 2.69. The largest absolute Gasteiger partial charge is 0.481 e. The third kappa shape index (κ3) is 4.36. The van der Waals surface area contributed by atoms with Crippen molar-refractivity contribution in [3.05, 3.63) is 30.3 Å². The minimum Gasteiger partial charge on any atom is -0.481 e. The monoisotopic (exact) mass is 461 g/mol. The molecular weight excluding hydrogens is 422 g/mol. The Bertz CT molecular complexity index is 842. The number of carboxylic acid groups (broad SMARTS) is 2. The Kier molecular flexibility index (Phi) is 7.41. The number of hydrogen-bond donors (Lipinski definition) is 4. The predicted octanol–water partition coefficient (Wildman–Crippen LogP) is 2.44. The summed E-state index contributed by atoms with van der Waals surface area (Å²) in [5.41, 5.74) is -2.11. The molecule has 1 aromatic carbocycles. The van der Waals surface area contributed by atoms with Gasteiger partial charge in [0.1, 0.15) is 5.54 Å². The van der Waals surface area contributed by atoms with Crippen molar-refractivity contribution in [3.8, 4) is 0 Å². The smallest absolute Gasteiger partial charge is 0.324 e. The van der Waals surface area contributed by atoms with Crippen molar-refractivity contribution in [1.29, 1.82) is 0 Å². The summed E-state index contributed by atoms with van der Waals surface area (Å²) >= 11 is 0. The third-order valence-corrected chi connectivity index (χ3v) is 7.81. The van der Waals surface area contributed by atoms with Crippen LogP contribution in [0, 0.1) is 16.7 Å². The van der Waals surface area contributed by atoms with E-state index in [0.717, 1.165) is 12.2 Å². The van der Waals surface area contributed by atoms with Crippen LogP contribution in [0.4, 0.5) is 5.69 Å². The molecule has 0 saturated carbocycles. The van der Waals surface area contributed by atoms with Gasteiger partial charge in [0, 0.05) is 37.3 Å². The lowest BCUT2D eigenvalue weighted by atomic mass is 9.59. The topological polar surface area (TPSA) is 111 Å². The number of para-hydroxylation sites is 1. The number of nitrogens with one attached hydrogen (secondary N) is 2. The van der Waals surface area contributed by atoms with Crippen molar-refractivity contribution >= 4 is 17.6 Å². The molecule has 1 aromatic rings. The lowest BCUT2D eigenvalue weighted by Crippen LogP contribution is -2.62. The molecule has 0 bridgehead atoms. The lowest BCUT2D eigenvalue weighted by molar-refractivity contribution is -0.158. The molecule has 8 heteroatoms. The zero-order valence-electron chi connectivity index (χ0n) is 20.4. The SMILES string of the molecule is CCC1C(C)(C(=O)O)C(CNCC2COCCN2c2ccccc2)NC1(C(=O)O)C(C)(C)C.